The molecule has 0 heterocycles. The standard InChI is InChI=1S/C35H37F3O/c1-4-21-39-32-20-19-31(34(37)35(32)38)28-15-13-26(14-16-28)29-17-18-30(33(36)23(29)3)27-11-9-25(10-12-27)24-7-5-22(2)6-8-24/h4,11,13-20,22,24-25H,1,5-10,12,21H2,2-3H3. The smallest absolute Gasteiger partial charge is 0.201 e. The Morgan fingerprint density at radius 3 is 2.05 bits per heavy atom. The summed E-state index contributed by atoms with van der Waals surface area (Å²) in [6.45, 7) is 7.79. The van der Waals surface area contributed by atoms with Crippen molar-refractivity contribution in [3.63, 3.8) is 0 Å². The lowest BCUT2D eigenvalue weighted by molar-refractivity contribution is 0.202. The van der Waals surface area contributed by atoms with Crippen molar-refractivity contribution in [1.29, 1.82) is 0 Å². The van der Waals surface area contributed by atoms with Crippen LogP contribution in [0.1, 0.15) is 63.0 Å². The molecule has 0 aromatic heterocycles. The highest BCUT2D eigenvalue weighted by atomic mass is 19.2. The van der Waals surface area contributed by atoms with Crippen molar-refractivity contribution in [1.82, 2.24) is 0 Å². The zero-order chi connectivity index (χ0) is 27.5. The first-order valence-electron chi connectivity index (χ1n) is 14.2. The molecule has 3 aromatic carbocycles. The van der Waals surface area contributed by atoms with Gasteiger partial charge < -0.3 is 4.74 Å². The number of hydrogen-bond donors (Lipinski definition) is 0. The van der Waals surface area contributed by atoms with E-state index in [2.05, 4.69) is 19.6 Å². The average Bonchev–Trinajstić information content (AvgIpc) is 2.96. The number of ether oxygens (including phenoxy) is 1. The lowest BCUT2D eigenvalue weighted by Crippen LogP contribution is -2.22. The van der Waals surface area contributed by atoms with Crippen molar-refractivity contribution in [3.05, 3.63) is 95.8 Å². The number of benzene rings is 3. The van der Waals surface area contributed by atoms with Crippen molar-refractivity contribution < 1.29 is 17.9 Å². The summed E-state index contributed by atoms with van der Waals surface area (Å²) in [5.41, 5.74) is 4.75. The molecule has 5 rings (SSSR count). The molecule has 1 saturated carbocycles. The quantitative estimate of drug-likeness (QED) is 0.276. The molecule has 0 aliphatic heterocycles. The van der Waals surface area contributed by atoms with Crippen LogP contribution in [0.15, 0.2) is 67.3 Å². The molecular formula is C35H37F3O. The van der Waals surface area contributed by atoms with E-state index < -0.39 is 11.6 Å². The van der Waals surface area contributed by atoms with Gasteiger partial charge in [0.25, 0.3) is 0 Å². The predicted octanol–water partition coefficient (Wildman–Crippen LogP) is 10.3. The lowest BCUT2D eigenvalue weighted by Gasteiger charge is -2.34. The van der Waals surface area contributed by atoms with Gasteiger partial charge >= 0.3 is 0 Å². The highest BCUT2D eigenvalue weighted by Gasteiger charge is 2.28. The molecule has 4 heteroatoms. The fourth-order valence-corrected chi connectivity index (χ4v) is 6.37. The number of halogens is 3. The van der Waals surface area contributed by atoms with E-state index in [-0.39, 0.29) is 23.7 Å². The summed E-state index contributed by atoms with van der Waals surface area (Å²) in [5, 5.41) is 0. The molecule has 0 N–H and O–H groups in total. The van der Waals surface area contributed by atoms with Crippen LogP contribution in [0.5, 0.6) is 5.75 Å². The summed E-state index contributed by atoms with van der Waals surface area (Å²) < 4.78 is 50.0. The summed E-state index contributed by atoms with van der Waals surface area (Å²) in [7, 11) is 0. The highest BCUT2D eigenvalue weighted by molar-refractivity contribution is 5.76. The molecule has 0 spiro atoms. The van der Waals surface area contributed by atoms with Gasteiger partial charge in [-0.15, -0.1) is 0 Å². The monoisotopic (exact) mass is 530 g/mol. The van der Waals surface area contributed by atoms with Crippen molar-refractivity contribution in [2.24, 2.45) is 17.8 Å². The van der Waals surface area contributed by atoms with Crippen LogP contribution in [0.2, 0.25) is 0 Å². The molecule has 1 fully saturated rings. The second-order valence-corrected chi connectivity index (χ2v) is 11.3. The Bertz CT molecular complexity index is 1360. The van der Waals surface area contributed by atoms with E-state index in [1.54, 1.807) is 12.1 Å². The summed E-state index contributed by atoms with van der Waals surface area (Å²) in [4.78, 5) is 0. The zero-order valence-corrected chi connectivity index (χ0v) is 22.9. The predicted molar refractivity (Wildman–Crippen MR) is 154 cm³/mol. The van der Waals surface area contributed by atoms with Gasteiger partial charge in [0.05, 0.1) is 0 Å². The van der Waals surface area contributed by atoms with Crippen molar-refractivity contribution in [2.75, 3.05) is 6.61 Å². The molecule has 1 unspecified atom stereocenters. The maximum atomic E-state index is 15.6. The third-order valence-corrected chi connectivity index (χ3v) is 8.82. The molecule has 0 amide bonds. The zero-order valence-electron chi connectivity index (χ0n) is 22.9. The molecule has 0 saturated heterocycles. The molecule has 1 atom stereocenters. The van der Waals surface area contributed by atoms with Gasteiger partial charge in [-0.05, 0) is 96.7 Å². The van der Waals surface area contributed by atoms with Gasteiger partial charge in [-0.25, -0.2) is 8.78 Å². The lowest BCUT2D eigenvalue weighted by atomic mass is 9.71. The van der Waals surface area contributed by atoms with Crippen LogP contribution in [-0.2, 0) is 0 Å². The fraction of sp³-hybridized carbons (Fsp3) is 0.371. The number of hydrogen-bond acceptors (Lipinski definition) is 1. The molecule has 3 aromatic rings. The molecular weight excluding hydrogens is 493 g/mol. The van der Waals surface area contributed by atoms with E-state index >= 15 is 4.39 Å². The van der Waals surface area contributed by atoms with Crippen LogP contribution < -0.4 is 4.74 Å². The van der Waals surface area contributed by atoms with E-state index in [1.807, 2.05) is 31.2 Å². The van der Waals surface area contributed by atoms with E-state index in [0.717, 1.165) is 53.7 Å². The Hall–Kier alpha value is -3.27. The van der Waals surface area contributed by atoms with E-state index in [1.165, 1.54) is 43.9 Å². The van der Waals surface area contributed by atoms with Gasteiger partial charge in [-0.3, -0.25) is 0 Å². The first-order chi connectivity index (χ1) is 18.9. The molecule has 2 aliphatic carbocycles. The highest BCUT2D eigenvalue weighted by Crippen LogP contribution is 2.42. The second kappa shape index (κ2) is 11.9. The summed E-state index contributed by atoms with van der Waals surface area (Å²) in [6.07, 6.45) is 12.2. The first-order valence-corrected chi connectivity index (χ1v) is 14.2. The molecule has 39 heavy (non-hydrogen) atoms. The van der Waals surface area contributed by atoms with Crippen LogP contribution in [0.25, 0.3) is 27.8 Å². The Kier molecular flexibility index (Phi) is 8.30. The van der Waals surface area contributed by atoms with Crippen molar-refractivity contribution in [2.45, 2.75) is 58.8 Å². The Morgan fingerprint density at radius 2 is 1.41 bits per heavy atom. The first kappa shape index (κ1) is 27.3. The molecule has 2 aliphatic rings. The maximum Gasteiger partial charge on any atom is 0.201 e. The Morgan fingerprint density at radius 1 is 0.769 bits per heavy atom. The molecule has 1 nitrogen and oxygen atoms in total. The SMILES string of the molecule is C=CCOc1ccc(-c2ccc(-c3ccc(C4=CCC(C5CCC(C)CC5)CC4)c(F)c3C)cc2)c(F)c1F. The van der Waals surface area contributed by atoms with E-state index in [0.29, 0.717) is 16.7 Å². The topological polar surface area (TPSA) is 9.23 Å². The van der Waals surface area contributed by atoms with Crippen LogP contribution in [0.3, 0.4) is 0 Å². The van der Waals surface area contributed by atoms with Gasteiger partial charge in [-0.2, -0.15) is 4.39 Å². The molecule has 0 bridgehead atoms. The van der Waals surface area contributed by atoms with Crippen molar-refractivity contribution >= 4 is 5.57 Å². The number of allylic oxidation sites excluding steroid dienone is 2. The average molecular weight is 531 g/mol. The van der Waals surface area contributed by atoms with Gasteiger partial charge in [-0.1, -0.05) is 74.9 Å². The third kappa shape index (κ3) is 5.71. The fourth-order valence-electron chi connectivity index (χ4n) is 6.37. The molecule has 0 radical (unpaired) electrons. The second-order valence-electron chi connectivity index (χ2n) is 11.3. The minimum absolute atomic E-state index is 0.0940. The van der Waals surface area contributed by atoms with E-state index in [9.17, 15) is 8.78 Å². The van der Waals surface area contributed by atoms with Gasteiger partial charge in [0.2, 0.25) is 5.82 Å². The third-order valence-electron chi connectivity index (χ3n) is 8.82. The van der Waals surface area contributed by atoms with Crippen LogP contribution in [-0.4, -0.2) is 6.61 Å². The molecule has 204 valence electrons. The van der Waals surface area contributed by atoms with Crippen molar-refractivity contribution in [3.8, 4) is 28.0 Å². The largest absolute Gasteiger partial charge is 0.486 e. The minimum Gasteiger partial charge on any atom is -0.486 e. The number of rotatable bonds is 7. The van der Waals surface area contributed by atoms with Crippen LogP contribution >= 0.6 is 0 Å². The summed E-state index contributed by atoms with van der Waals surface area (Å²) >= 11 is 0. The Balaban J connectivity index is 1.32. The van der Waals surface area contributed by atoms with E-state index in [4.69, 9.17) is 4.74 Å². The minimum atomic E-state index is -1.02. The van der Waals surface area contributed by atoms with Crippen LogP contribution in [0.4, 0.5) is 13.2 Å². The summed E-state index contributed by atoms with van der Waals surface area (Å²) in [5.74, 6) is 0.116. The van der Waals surface area contributed by atoms with Crippen LogP contribution in [0, 0.1) is 42.1 Å². The normalized spacial score (nSPS) is 21.4. The van der Waals surface area contributed by atoms with Gasteiger partial charge in [0, 0.05) is 11.1 Å². The Labute approximate surface area is 230 Å². The maximum absolute atomic E-state index is 15.6. The summed E-state index contributed by atoms with van der Waals surface area (Å²) in [6, 6.07) is 13.9. The van der Waals surface area contributed by atoms with Gasteiger partial charge in [0.1, 0.15) is 12.4 Å². The van der Waals surface area contributed by atoms with Gasteiger partial charge in [0.15, 0.2) is 11.6 Å².